The molecule has 0 saturated carbocycles. The van der Waals surface area contributed by atoms with E-state index in [1.807, 2.05) is 0 Å². The molecule has 3 heterocycles. The molecule has 0 aliphatic carbocycles. The molecule has 0 unspecified atom stereocenters. The molecule has 2 aromatic carbocycles. The first kappa shape index (κ1) is 28.8. The minimum atomic E-state index is -0.653. The normalized spacial score (nSPS) is 11.2. The quantitative estimate of drug-likeness (QED) is 0.246. The molecule has 5 rings (SSSR count). The number of carbonyl (C=O) groups is 2. The van der Waals surface area contributed by atoms with E-state index in [1.54, 1.807) is 94.7 Å². The van der Waals surface area contributed by atoms with E-state index < -0.39 is 11.7 Å². The summed E-state index contributed by atoms with van der Waals surface area (Å²) in [5.41, 5.74) is 1.82. The van der Waals surface area contributed by atoms with Crippen LogP contribution in [-0.4, -0.2) is 48.7 Å². The number of aryl methyl sites for hydroxylation is 1. The molecule has 0 bridgehead atoms. The Bertz CT molecular complexity index is 1870. The van der Waals surface area contributed by atoms with Crippen LogP contribution in [0.2, 0.25) is 0 Å². The molecule has 0 aliphatic heterocycles. The molecule has 13 heteroatoms. The van der Waals surface area contributed by atoms with Crippen LogP contribution in [0.5, 0.6) is 11.5 Å². The number of benzene rings is 2. The second-order valence-corrected chi connectivity index (χ2v) is 10.5. The number of hydrogen-bond acceptors (Lipinski definition) is 9. The third-order valence-corrected chi connectivity index (χ3v) is 6.09. The number of carbonyl (C=O) groups excluding carboxylic acids is 2. The van der Waals surface area contributed by atoms with Gasteiger partial charge in [0.1, 0.15) is 28.3 Å². The molecule has 3 N–H and O–H groups in total. The van der Waals surface area contributed by atoms with E-state index >= 15 is 0 Å². The number of fused-ring (bicyclic) bond motifs is 1. The van der Waals surface area contributed by atoms with E-state index in [2.05, 4.69) is 30.9 Å². The van der Waals surface area contributed by atoms with Crippen molar-refractivity contribution in [2.45, 2.75) is 26.4 Å². The Morgan fingerprint density at radius 3 is 2.42 bits per heavy atom. The van der Waals surface area contributed by atoms with E-state index in [1.165, 1.54) is 22.4 Å². The van der Waals surface area contributed by atoms with Crippen molar-refractivity contribution in [1.29, 1.82) is 0 Å². The Morgan fingerprint density at radius 2 is 1.70 bits per heavy atom. The molecule has 220 valence electrons. The Kier molecular flexibility index (Phi) is 7.80. The van der Waals surface area contributed by atoms with Crippen LogP contribution < -0.4 is 26.4 Å². The number of anilines is 3. The van der Waals surface area contributed by atoms with Gasteiger partial charge in [0.2, 0.25) is 5.95 Å². The smallest absolute Gasteiger partial charge is 0.412 e. The lowest BCUT2D eigenvalue weighted by Gasteiger charge is -2.19. The van der Waals surface area contributed by atoms with Crippen molar-refractivity contribution in [3.8, 4) is 17.2 Å². The second-order valence-electron chi connectivity index (χ2n) is 10.5. The van der Waals surface area contributed by atoms with Crippen molar-refractivity contribution in [2.24, 2.45) is 7.05 Å². The Hall–Kier alpha value is -5.72. The highest BCUT2D eigenvalue weighted by Gasteiger charge is 2.18. The summed E-state index contributed by atoms with van der Waals surface area (Å²) >= 11 is 0. The molecule has 0 saturated heterocycles. The zero-order valence-corrected chi connectivity index (χ0v) is 24.2. The van der Waals surface area contributed by atoms with Crippen LogP contribution in [0, 0.1) is 0 Å². The van der Waals surface area contributed by atoms with E-state index in [0.29, 0.717) is 39.7 Å². The lowest BCUT2D eigenvalue weighted by atomic mass is 10.2. The topological polar surface area (TPSA) is 154 Å². The van der Waals surface area contributed by atoms with Crippen LogP contribution in [0.15, 0.2) is 77.9 Å². The first-order valence-corrected chi connectivity index (χ1v) is 13.3. The van der Waals surface area contributed by atoms with Gasteiger partial charge in [0.05, 0.1) is 11.9 Å². The zero-order chi connectivity index (χ0) is 30.7. The summed E-state index contributed by atoms with van der Waals surface area (Å²) in [6.07, 6.45) is 2.46. The van der Waals surface area contributed by atoms with Crippen LogP contribution in [0.1, 0.15) is 31.3 Å². The minimum absolute atomic E-state index is 0.247. The summed E-state index contributed by atoms with van der Waals surface area (Å²) in [7, 11) is 3.17. The van der Waals surface area contributed by atoms with Crippen molar-refractivity contribution >= 4 is 40.5 Å². The van der Waals surface area contributed by atoms with Gasteiger partial charge in [0, 0.05) is 37.7 Å². The molecule has 43 heavy (non-hydrogen) atoms. The van der Waals surface area contributed by atoms with Crippen molar-refractivity contribution in [1.82, 2.24) is 29.4 Å². The SMILES string of the molecule is CNC(=O)c1cc(Oc2ccc(Nc3ncc4c(n3)n(-c3cccc(NC(=O)OC(C)(C)C)c3)c(=O)n4C)cc2)ccn1. The van der Waals surface area contributed by atoms with Crippen LogP contribution in [0.4, 0.5) is 22.1 Å². The van der Waals surface area contributed by atoms with Crippen molar-refractivity contribution < 1.29 is 19.1 Å². The first-order valence-electron chi connectivity index (χ1n) is 13.3. The van der Waals surface area contributed by atoms with E-state index in [9.17, 15) is 14.4 Å². The van der Waals surface area contributed by atoms with Gasteiger partial charge < -0.3 is 20.1 Å². The van der Waals surface area contributed by atoms with E-state index in [0.717, 1.165) is 0 Å². The van der Waals surface area contributed by atoms with Gasteiger partial charge in [-0.25, -0.2) is 19.1 Å². The van der Waals surface area contributed by atoms with Crippen molar-refractivity contribution in [2.75, 3.05) is 17.7 Å². The molecule has 3 aromatic heterocycles. The predicted molar refractivity (Wildman–Crippen MR) is 161 cm³/mol. The van der Waals surface area contributed by atoms with Gasteiger partial charge in [-0.2, -0.15) is 4.98 Å². The standard InChI is InChI=1S/C30H30N8O5/c1-30(2,3)43-28(40)35-19-7-6-8-20(15-19)38-25-24(37(5)29(38)41)17-33-27(36-25)34-18-9-11-21(12-10-18)42-22-13-14-32-23(16-22)26(39)31-4/h6-17H,1-5H3,(H,31,39)(H,35,40)(H,33,34,36). The second kappa shape index (κ2) is 11.6. The van der Waals surface area contributed by atoms with E-state index in [-0.39, 0.29) is 23.2 Å². The molecule has 0 radical (unpaired) electrons. The van der Waals surface area contributed by atoms with E-state index in [4.69, 9.17) is 9.47 Å². The fourth-order valence-corrected chi connectivity index (χ4v) is 4.15. The lowest BCUT2D eigenvalue weighted by molar-refractivity contribution is 0.0635. The zero-order valence-electron chi connectivity index (χ0n) is 24.2. The number of ether oxygens (including phenoxy) is 2. The number of rotatable bonds is 7. The predicted octanol–water partition coefficient (Wildman–Crippen LogP) is 4.76. The van der Waals surface area contributed by atoms with Gasteiger partial charge >= 0.3 is 11.8 Å². The highest BCUT2D eigenvalue weighted by molar-refractivity contribution is 5.92. The van der Waals surface area contributed by atoms with Gasteiger partial charge in [0.25, 0.3) is 5.91 Å². The van der Waals surface area contributed by atoms with Crippen molar-refractivity contribution in [3.63, 3.8) is 0 Å². The fraction of sp³-hybridized carbons (Fsp3) is 0.200. The summed E-state index contributed by atoms with van der Waals surface area (Å²) in [5.74, 6) is 0.979. The molecule has 0 aliphatic rings. The van der Waals surface area contributed by atoms with Crippen LogP contribution in [-0.2, 0) is 11.8 Å². The largest absolute Gasteiger partial charge is 0.457 e. The molecule has 0 spiro atoms. The van der Waals surface area contributed by atoms with Gasteiger partial charge in [0.15, 0.2) is 5.65 Å². The minimum Gasteiger partial charge on any atom is -0.457 e. The molecular formula is C30H30N8O5. The maximum atomic E-state index is 13.2. The third kappa shape index (κ3) is 6.62. The van der Waals surface area contributed by atoms with Crippen LogP contribution in [0.25, 0.3) is 16.9 Å². The van der Waals surface area contributed by atoms with Gasteiger partial charge in [-0.05, 0) is 69.3 Å². The molecule has 0 fully saturated rings. The monoisotopic (exact) mass is 582 g/mol. The Labute approximate surface area is 246 Å². The molecule has 5 aromatic rings. The molecule has 13 nitrogen and oxygen atoms in total. The maximum Gasteiger partial charge on any atom is 0.412 e. The Balaban J connectivity index is 1.37. The number of nitrogens with zero attached hydrogens (tertiary/aromatic N) is 5. The summed E-state index contributed by atoms with van der Waals surface area (Å²) < 4.78 is 14.1. The summed E-state index contributed by atoms with van der Waals surface area (Å²) in [6, 6.07) is 17.1. The van der Waals surface area contributed by atoms with Crippen molar-refractivity contribution in [3.05, 3.63) is 89.2 Å². The average Bonchev–Trinajstić information content (AvgIpc) is 3.21. The molecule has 2 amide bonds. The Morgan fingerprint density at radius 1 is 0.930 bits per heavy atom. The number of hydrogen-bond donors (Lipinski definition) is 3. The van der Waals surface area contributed by atoms with Crippen LogP contribution >= 0.6 is 0 Å². The van der Waals surface area contributed by atoms with Gasteiger partial charge in [-0.3, -0.25) is 19.7 Å². The number of amides is 2. The summed E-state index contributed by atoms with van der Waals surface area (Å²) in [6.45, 7) is 5.33. The highest BCUT2D eigenvalue weighted by atomic mass is 16.6. The number of imidazole rings is 1. The van der Waals surface area contributed by atoms with Crippen LogP contribution in [0.3, 0.4) is 0 Å². The van der Waals surface area contributed by atoms with Gasteiger partial charge in [-0.1, -0.05) is 6.07 Å². The maximum absolute atomic E-state index is 13.2. The molecular weight excluding hydrogens is 552 g/mol. The number of aromatic nitrogens is 5. The fourth-order valence-electron chi connectivity index (χ4n) is 4.15. The number of nitrogens with one attached hydrogen (secondary N) is 3. The highest BCUT2D eigenvalue weighted by Crippen LogP contribution is 2.25. The van der Waals surface area contributed by atoms with Gasteiger partial charge in [-0.15, -0.1) is 0 Å². The summed E-state index contributed by atoms with van der Waals surface area (Å²) in [4.78, 5) is 50.4. The first-order chi connectivity index (χ1) is 20.5. The third-order valence-electron chi connectivity index (χ3n) is 6.09. The number of pyridine rings is 1. The molecule has 0 atom stereocenters. The lowest BCUT2D eigenvalue weighted by Crippen LogP contribution is -2.27. The summed E-state index contributed by atoms with van der Waals surface area (Å²) in [5, 5.41) is 8.37. The average molecular weight is 583 g/mol.